The topological polar surface area (TPSA) is 0 Å². The summed E-state index contributed by atoms with van der Waals surface area (Å²) in [6, 6.07) is 1.50. The van der Waals surface area contributed by atoms with Gasteiger partial charge in [-0.15, -0.1) is 6.58 Å². The number of hydrogen-bond donors (Lipinski definition) is 0. The lowest BCUT2D eigenvalue weighted by Gasteiger charge is -2.18. The Kier molecular flexibility index (Phi) is 6.45. The fraction of sp³-hybridized carbons (Fsp3) is 0.818. The van der Waals surface area contributed by atoms with Gasteiger partial charge >= 0.3 is 0 Å². The third-order valence-corrected chi connectivity index (χ3v) is 4.91. The van der Waals surface area contributed by atoms with Crippen molar-refractivity contribution >= 4 is 9.52 Å². The van der Waals surface area contributed by atoms with E-state index in [0.29, 0.717) is 5.04 Å². The maximum Gasteiger partial charge on any atom is 0.0311 e. The predicted molar refractivity (Wildman–Crippen MR) is 61.7 cm³/mol. The first-order chi connectivity index (χ1) is 5.62. The molecule has 0 aromatic heterocycles. The zero-order valence-corrected chi connectivity index (χ0v) is 10.4. The summed E-state index contributed by atoms with van der Waals surface area (Å²) in [7, 11) is 0.0932. The Morgan fingerprint density at radius 1 is 1.25 bits per heavy atom. The molecule has 0 aliphatic carbocycles. The van der Waals surface area contributed by atoms with Crippen molar-refractivity contribution in [3.8, 4) is 0 Å². The van der Waals surface area contributed by atoms with Gasteiger partial charge in [-0.05, 0) is 5.04 Å². The van der Waals surface area contributed by atoms with Crippen LogP contribution in [0.3, 0.4) is 0 Å². The Hall–Kier alpha value is -0.0431. The molecule has 0 nitrogen and oxygen atoms in total. The third-order valence-electron chi connectivity index (χ3n) is 2.48. The van der Waals surface area contributed by atoms with Crippen LogP contribution in [0.25, 0.3) is 0 Å². The van der Waals surface area contributed by atoms with Crippen LogP contribution >= 0.6 is 0 Å². The third kappa shape index (κ3) is 6.65. The second kappa shape index (κ2) is 6.47. The Morgan fingerprint density at radius 2 is 1.92 bits per heavy atom. The minimum absolute atomic E-state index is 0.0932. The van der Waals surface area contributed by atoms with Gasteiger partial charge in [0.2, 0.25) is 0 Å². The van der Waals surface area contributed by atoms with Crippen LogP contribution in [0.5, 0.6) is 0 Å². The molecule has 0 aromatic rings. The first kappa shape index (κ1) is 12.0. The fourth-order valence-electron chi connectivity index (χ4n) is 1.29. The summed E-state index contributed by atoms with van der Waals surface area (Å²) in [5.41, 5.74) is 0. The van der Waals surface area contributed by atoms with E-state index < -0.39 is 0 Å². The van der Waals surface area contributed by atoms with Crippen molar-refractivity contribution in [3.63, 3.8) is 0 Å². The molecule has 1 heteroatoms. The van der Waals surface area contributed by atoms with E-state index in [1.54, 1.807) is 0 Å². The van der Waals surface area contributed by atoms with Crippen molar-refractivity contribution in [1.82, 2.24) is 0 Å². The molecule has 0 aromatic carbocycles. The highest BCUT2D eigenvalue weighted by Crippen LogP contribution is 2.25. The molecule has 0 saturated carbocycles. The van der Waals surface area contributed by atoms with Gasteiger partial charge in [-0.2, -0.15) is 0 Å². The lowest BCUT2D eigenvalue weighted by atomic mass is 10.2. The van der Waals surface area contributed by atoms with Gasteiger partial charge in [0, 0.05) is 9.52 Å². The summed E-state index contributed by atoms with van der Waals surface area (Å²) in [5, 5.41) is 0.492. The quantitative estimate of drug-likeness (QED) is 0.322. The Bertz CT molecular complexity index is 116. The molecule has 0 rings (SSSR count). The van der Waals surface area contributed by atoms with E-state index in [1.807, 2.05) is 0 Å². The molecular formula is C11H24Si. The summed E-state index contributed by atoms with van der Waals surface area (Å²) in [5.74, 6) is 0. The standard InChI is InChI=1S/C11H24Si/c1-5-7-8-9-10-12-11(3,4)6-2/h6H,2,5,7-10,12H2,1,3-4H3. The molecular weight excluding hydrogens is 160 g/mol. The van der Waals surface area contributed by atoms with Crippen LogP contribution in [-0.4, -0.2) is 9.52 Å². The molecule has 0 bridgehead atoms. The fourth-order valence-corrected chi connectivity index (χ4v) is 3.01. The number of unbranched alkanes of at least 4 members (excludes halogenated alkanes) is 3. The first-order valence-electron chi connectivity index (χ1n) is 5.26. The molecule has 0 atom stereocenters. The molecule has 0 N–H and O–H groups in total. The molecule has 0 aliphatic heterocycles. The molecule has 0 unspecified atom stereocenters. The van der Waals surface area contributed by atoms with Crippen LogP contribution in [0.1, 0.15) is 46.5 Å². The molecule has 12 heavy (non-hydrogen) atoms. The molecule has 0 heterocycles. The van der Waals surface area contributed by atoms with Gasteiger partial charge in [0.05, 0.1) is 0 Å². The van der Waals surface area contributed by atoms with Crippen LogP contribution < -0.4 is 0 Å². The molecule has 0 radical (unpaired) electrons. The predicted octanol–water partition coefficient (Wildman–Crippen LogP) is 3.54. The van der Waals surface area contributed by atoms with E-state index in [0.717, 1.165) is 0 Å². The van der Waals surface area contributed by atoms with Crippen molar-refractivity contribution in [2.45, 2.75) is 57.5 Å². The molecule has 72 valence electrons. The van der Waals surface area contributed by atoms with E-state index >= 15 is 0 Å². The maximum atomic E-state index is 3.88. The molecule has 0 fully saturated rings. The van der Waals surface area contributed by atoms with Crippen LogP contribution in [0.2, 0.25) is 11.1 Å². The van der Waals surface area contributed by atoms with Crippen LogP contribution in [-0.2, 0) is 0 Å². The summed E-state index contributed by atoms with van der Waals surface area (Å²) in [4.78, 5) is 0. The van der Waals surface area contributed by atoms with Gasteiger partial charge < -0.3 is 0 Å². The second-order valence-electron chi connectivity index (χ2n) is 4.36. The zero-order valence-electron chi connectivity index (χ0n) is 9.03. The largest absolute Gasteiger partial charge is 0.103 e. The van der Waals surface area contributed by atoms with Crippen molar-refractivity contribution in [2.75, 3.05) is 0 Å². The number of rotatable bonds is 7. The average Bonchev–Trinajstić information content (AvgIpc) is 2.04. The smallest absolute Gasteiger partial charge is 0.0311 e. The van der Waals surface area contributed by atoms with Gasteiger partial charge in [-0.25, -0.2) is 0 Å². The molecule has 0 aliphatic rings. The number of hydrogen-bond acceptors (Lipinski definition) is 0. The normalized spacial score (nSPS) is 12.6. The average molecular weight is 184 g/mol. The Morgan fingerprint density at radius 3 is 2.42 bits per heavy atom. The minimum atomic E-state index is 0.0932. The SMILES string of the molecule is C=CC(C)(C)[SiH2]CCCCCC. The van der Waals surface area contributed by atoms with E-state index in [1.165, 1.54) is 31.7 Å². The monoisotopic (exact) mass is 184 g/mol. The van der Waals surface area contributed by atoms with Gasteiger partial charge in [-0.3, -0.25) is 0 Å². The maximum absolute atomic E-state index is 3.88. The van der Waals surface area contributed by atoms with Gasteiger partial charge in [-0.1, -0.05) is 58.6 Å². The van der Waals surface area contributed by atoms with E-state index in [2.05, 4.69) is 33.4 Å². The Balaban J connectivity index is 3.25. The highest BCUT2D eigenvalue weighted by molar-refractivity contribution is 6.40. The van der Waals surface area contributed by atoms with Crippen LogP contribution in [0.15, 0.2) is 12.7 Å². The van der Waals surface area contributed by atoms with Crippen LogP contribution in [0.4, 0.5) is 0 Å². The van der Waals surface area contributed by atoms with Crippen molar-refractivity contribution in [3.05, 3.63) is 12.7 Å². The zero-order chi connectivity index (χ0) is 9.45. The van der Waals surface area contributed by atoms with Gasteiger partial charge in [0.25, 0.3) is 0 Å². The van der Waals surface area contributed by atoms with E-state index in [9.17, 15) is 0 Å². The summed E-state index contributed by atoms with van der Waals surface area (Å²) in [6.07, 6.45) is 7.81. The van der Waals surface area contributed by atoms with Crippen molar-refractivity contribution < 1.29 is 0 Å². The van der Waals surface area contributed by atoms with Crippen LogP contribution in [0, 0.1) is 0 Å². The summed E-state index contributed by atoms with van der Waals surface area (Å²) >= 11 is 0. The highest BCUT2D eigenvalue weighted by atomic mass is 28.2. The minimum Gasteiger partial charge on any atom is -0.103 e. The first-order valence-corrected chi connectivity index (χ1v) is 6.96. The highest BCUT2D eigenvalue weighted by Gasteiger charge is 2.11. The summed E-state index contributed by atoms with van der Waals surface area (Å²) < 4.78 is 0. The van der Waals surface area contributed by atoms with Crippen molar-refractivity contribution in [2.24, 2.45) is 0 Å². The van der Waals surface area contributed by atoms with Gasteiger partial charge in [0.1, 0.15) is 0 Å². The number of allylic oxidation sites excluding steroid dienone is 1. The Labute approximate surface area is 80.3 Å². The molecule has 0 spiro atoms. The van der Waals surface area contributed by atoms with Gasteiger partial charge in [0.15, 0.2) is 0 Å². The van der Waals surface area contributed by atoms with Crippen molar-refractivity contribution in [1.29, 1.82) is 0 Å². The lowest BCUT2D eigenvalue weighted by Crippen LogP contribution is -2.08. The second-order valence-corrected chi connectivity index (χ2v) is 7.39. The molecule has 0 saturated heterocycles. The molecule has 0 amide bonds. The van der Waals surface area contributed by atoms with E-state index in [-0.39, 0.29) is 9.52 Å². The lowest BCUT2D eigenvalue weighted by molar-refractivity contribution is 0.694. The van der Waals surface area contributed by atoms with E-state index in [4.69, 9.17) is 0 Å². The summed E-state index contributed by atoms with van der Waals surface area (Å²) in [6.45, 7) is 10.8.